The van der Waals surface area contributed by atoms with E-state index in [1.54, 1.807) is 31.2 Å². The van der Waals surface area contributed by atoms with Crippen molar-refractivity contribution in [2.24, 2.45) is 0 Å². The Morgan fingerprint density at radius 3 is 2.55 bits per heavy atom. The predicted octanol–water partition coefficient (Wildman–Crippen LogP) is 3.61. The maximum atomic E-state index is 13.2. The average molecular weight is 416 g/mol. The van der Waals surface area contributed by atoms with Crippen molar-refractivity contribution in [3.05, 3.63) is 70.3 Å². The van der Waals surface area contributed by atoms with Crippen LogP contribution in [0.25, 0.3) is 6.08 Å². The van der Waals surface area contributed by atoms with E-state index >= 15 is 0 Å². The summed E-state index contributed by atoms with van der Waals surface area (Å²) < 4.78 is 16.1. The Morgan fingerprint density at radius 2 is 1.84 bits per heavy atom. The van der Waals surface area contributed by atoms with Crippen LogP contribution in [0.4, 0.5) is 0 Å². The SMILES string of the molecule is CCOc1ccc(/C=C2/C(=O)N(Cc3ccc4c(c3)OCO4)C(=O)C(C#N)=C2C)cc1. The number of carbonyl (C=O) groups excluding carboxylic acids is 2. The summed E-state index contributed by atoms with van der Waals surface area (Å²) in [4.78, 5) is 27.2. The summed E-state index contributed by atoms with van der Waals surface area (Å²) in [5.74, 6) is 0.847. The molecule has 2 aromatic carbocycles. The molecule has 0 radical (unpaired) electrons. The number of ether oxygens (including phenoxy) is 3. The fraction of sp³-hybridized carbons (Fsp3) is 0.208. The van der Waals surface area contributed by atoms with Crippen LogP contribution in [0.2, 0.25) is 0 Å². The summed E-state index contributed by atoms with van der Waals surface area (Å²) in [6.45, 7) is 4.24. The zero-order valence-corrected chi connectivity index (χ0v) is 17.2. The molecule has 31 heavy (non-hydrogen) atoms. The van der Waals surface area contributed by atoms with E-state index in [0.717, 1.165) is 16.2 Å². The molecule has 0 saturated carbocycles. The molecule has 0 unspecified atom stereocenters. The summed E-state index contributed by atoms with van der Waals surface area (Å²) in [7, 11) is 0. The van der Waals surface area contributed by atoms with Crippen LogP contribution in [0.15, 0.2) is 59.2 Å². The number of hydrogen-bond acceptors (Lipinski definition) is 6. The molecule has 2 aromatic rings. The zero-order chi connectivity index (χ0) is 22.0. The van der Waals surface area contributed by atoms with E-state index in [1.807, 2.05) is 37.3 Å². The lowest BCUT2D eigenvalue weighted by atomic mass is 9.93. The number of nitrogens with zero attached hydrogens (tertiary/aromatic N) is 2. The lowest BCUT2D eigenvalue weighted by molar-refractivity contribution is -0.141. The first kappa shape index (κ1) is 20.2. The van der Waals surface area contributed by atoms with Crippen molar-refractivity contribution in [1.29, 1.82) is 5.26 Å². The van der Waals surface area contributed by atoms with Crippen molar-refractivity contribution in [3.63, 3.8) is 0 Å². The molecule has 4 rings (SSSR count). The second kappa shape index (κ2) is 8.36. The predicted molar refractivity (Wildman–Crippen MR) is 112 cm³/mol. The summed E-state index contributed by atoms with van der Waals surface area (Å²) in [6.07, 6.45) is 1.68. The highest BCUT2D eigenvalue weighted by molar-refractivity contribution is 6.19. The minimum Gasteiger partial charge on any atom is -0.494 e. The van der Waals surface area contributed by atoms with Crippen LogP contribution < -0.4 is 14.2 Å². The Morgan fingerprint density at radius 1 is 1.10 bits per heavy atom. The van der Waals surface area contributed by atoms with Crippen molar-refractivity contribution in [2.45, 2.75) is 20.4 Å². The van der Waals surface area contributed by atoms with Gasteiger partial charge < -0.3 is 14.2 Å². The first-order valence-corrected chi connectivity index (χ1v) is 9.82. The average Bonchev–Trinajstić information content (AvgIpc) is 3.24. The minimum absolute atomic E-state index is 0.0212. The fourth-order valence-corrected chi connectivity index (χ4v) is 3.49. The maximum Gasteiger partial charge on any atom is 0.271 e. The molecule has 0 bridgehead atoms. The van der Waals surface area contributed by atoms with E-state index in [4.69, 9.17) is 14.2 Å². The largest absolute Gasteiger partial charge is 0.494 e. The second-order valence-electron chi connectivity index (χ2n) is 7.06. The molecular formula is C24H20N2O5. The van der Waals surface area contributed by atoms with E-state index in [0.29, 0.717) is 34.8 Å². The van der Waals surface area contributed by atoms with E-state index in [9.17, 15) is 14.9 Å². The molecule has 7 nitrogen and oxygen atoms in total. The number of nitriles is 1. The maximum absolute atomic E-state index is 13.2. The second-order valence-corrected chi connectivity index (χ2v) is 7.06. The van der Waals surface area contributed by atoms with Gasteiger partial charge in [0.25, 0.3) is 11.8 Å². The van der Waals surface area contributed by atoms with Crippen molar-refractivity contribution in [2.75, 3.05) is 13.4 Å². The van der Waals surface area contributed by atoms with Crippen LogP contribution in [0, 0.1) is 11.3 Å². The number of carbonyl (C=O) groups is 2. The number of benzene rings is 2. The van der Waals surface area contributed by atoms with Gasteiger partial charge in [0.2, 0.25) is 6.79 Å². The molecule has 2 aliphatic heterocycles. The lowest BCUT2D eigenvalue weighted by Crippen LogP contribution is -2.42. The minimum atomic E-state index is -0.605. The molecule has 0 N–H and O–H groups in total. The van der Waals surface area contributed by atoms with Gasteiger partial charge in [0.1, 0.15) is 17.4 Å². The van der Waals surface area contributed by atoms with Gasteiger partial charge in [-0.3, -0.25) is 14.5 Å². The third kappa shape index (κ3) is 3.88. The quantitative estimate of drug-likeness (QED) is 0.547. The normalized spacial score (nSPS) is 16.7. The standard InChI is InChI=1S/C24H20N2O5/c1-3-29-18-7-4-16(5-8-18)10-19-15(2)20(12-25)24(28)26(23(19)27)13-17-6-9-21-22(11-17)31-14-30-21/h4-11H,3,13-14H2,1-2H3/b19-10+. The summed E-state index contributed by atoms with van der Waals surface area (Å²) >= 11 is 0. The van der Waals surface area contributed by atoms with E-state index < -0.39 is 11.8 Å². The third-order valence-corrected chi connectivity index (χ3v) is 5.11. The van der Waals surface area contributed by atoms with Crippen LogP contribution in [-0.4, -0.2) is 30.1 Å². The van der Waals surface area contributed by atoms with Crippen LogP contribution in [-0.2, 0) is 16.1 Å². The molecule has 0 aliphatic carbocycles. The molecule has 0 spiro atoms. The molecule has 2 aliphatic rings. The number of rotatable bonds is 5. The third-order valence-electron chi connectivity index (χ3n) is 5.11. The Balaban J connectivity index is 1.67. The summed E-state index contributed by atoms with van der Waals surface area (Å²) in [5.41, 5.74) is 2.09. The van der Waals surface area contributed by atoms with Gasteiger partial charge in [0.05, 0.1) is 13.2 Å². The smallest absolute Gasteiger partial charge is 0.271 e. The summed E-state index contributed by atoms with van der Waals surface area (Å²) in [5, 5.41) is 9.56. The number of fused-ring (bicyclic) bond motifs is 1. The highest BCUT2D eigenvalue weighted by atomic mass is 16.7. The van der Waals surface area contributed by atoms with Crippen LogP contribution >= 0.6 is 0 Å². The monoisotopic (exact) mass is 416 g/mol. The fourth-order valence-electron chi connectivity index (χ4n) is 3.49. The van der Waals surface area contributed by atoms with Gasteiger partial charge in [-0.25, -0.2) is 0 Å². The van der Waals surface area contributed by atoms with E-state index in [2.05, 4.69) is 0 Å². The molecule has 0 atom stereocenters. The van der Waals surface area contributed by atoms with Crippen LogP contribution in [0.3, 0.4) is 0 Å². The van der Waals surface area contributed by atoms with E-state index in [-0.39, 0.29) is 18.9 Å². The van der Waals surface area contributed by atoms with Gasteiger partial charge >= 0.3 is 0 Å². The zero-order valence-electron chi connectivity index (χ0n) is 17.2. The first-order valence-electron chi connectivity index (χ1n) is 9.82. The number of hydrogen-bond donors (Lipinski definition) is 0. The van der Waals surface area contributed by atoms with Crippen molar-refractivity contribution in [1.82, 2.24) is 4.90 Å². The molecular weight excluding hydrogens is 396 g/mol. The molecule has 0 fully saturated rings. The van der Waals surface area contributed by atoms with Crippen molar-refractivity contribution < 1.29 is 23.8 Å². The number of amides is 2. The van der Waals surface area contributed by atoms with Crippen molar-refractivity contribution in [3.8, 4) is 23.3 Å². The molecule has 2 amide bonds. The highest BCUT2D eigenvalue weighted by Gasteiger charge is 2.35. The molecule has 0 aromatic heterocycles. The lowest BCUT2D eigenvalue weighted by Gasteiger charge is -2.27. The van der Waals surface area contributed by atoms with Gasteiger partial charge in [0.15, 0.2) is 11.5 Å². The van der Waals surface area contributed by atoms with Gasteiger partial charge in [-0.1, -0.05) is 18.2 Å². The Bertz CT molecular complexity index is 1160. The Hall–Kier alpha value is -4.05. The first-order chi connectivity index (χ1) is 15.0. The topological polar surface area (TPSA) is 88.9 Å². The Kier molecular flexibility index (Phi) is 5.46. The van der Waals surface area contributed by atoms with Gasteiger partial charge in [-0.2, -0.15) is 5.26 Å². The molecule has 0 saturated heterocycles. The summed E-state index contributed by atoms with van der Waals surface area (Å²) in [6, 6.07) is 14.4. The van der Waals surface area contributed by atoms with Crippen molar-refractivity contribution >= 4 is 17.9 Å². The number of imide groups is 1. The van der Waals surface area contributed by atoms with Gasteiger partial charge in [-0.05, 0) is 60.9 Å². The van der Waals surface area contributed by atoms with E-state index in [1.165, 1.54) is 0 Å². The van der Waals surface area contributed by atoms with Gasteiger partial charge in [0, 0.05) is 5.57 Å². The molecule has 2 heterocycles. The highest BCUT2D eigenvalue weighted by Crippen LogP contribution is 2.34. The molecule has 156 valence electrons. The van der Waals surface area contributed by atoms with Crippen LogP contribution in [0.1, 0.15) is 25.0 Å². The van der Waals surface area contributed by atoms with Gasteiger partial charge in [-0.15, -0.1) is 0 Å². The molecule has 7 heteroatoms. The van der Waals surface area contributed by atoms with Crippen LogP contribution in [0.5, 0.6) is 17.2 Å². The Labute approximate surface area is 179 Å².